The Morgan fingerprint density at radius 3 is 1.82 bits per heavy atom. The lowest BCUT2D eigenvalue weighted by Crippen LogP contribution is -1.97. The molecule has 0 saturated carbocycles. The van der Waals surface area contributed by atoms with Gasteiger partial charge in [0.05, 0.1) is 11.2 Å². The van der Waals surface area contributed by atoms with Gasteiger partial charge in [0.25, 0.3) is 0 Å². The molecule has 8 rings (SSSR count). The number of benzene rings is 5. The Morgan fingerprint density at radius 2 is 1.11 bits per heavy atom. The van der Waals surface area contributed by atoms with Crippen LogP contribution in [0, 0.1) is 0 Å². The van der Waals surface area contributed by atoms with Gasteiger partial charge >= 0.3 is 0 Å². The third kappa shape index (κ3) is 5.37. The van der Waals surface area contributed by atoms with Gasteiger partial charge in [0, 0.05) is 28.9 Å². The molecular formula is C42H29N3. The second-order valence-corrected chi connectivity index (χ2v) is 11.3. The van der Waals surface area contributed by atoms with Crippen LogP contribution in [0.25, 0.3) is 72.5 Å². The van der Waals surface area contributed by atoms with Crippen LogP contribution in [-0.2, 0) is 0 Å². The highest BCUT2D eigenvalue weighted by Crippen LogP contribution is 2.36. The Labute approximate surface area is 262 Å². The number of aromatic nitrogens is 3. The van der Waals surface area contributed by atoms with E-state index in [1.54, 1.807) is 6.20 Å². The first-order valence-electron chi connectivity index (χ1n) is 15.2. The molecular weight excluding hydrogens is 546 g/mol. The van der Waals surface area contributed by atoms with E-state index in [4.69, 9.17) is 9.97 Å². The normalized spacial score (nSPS) is 12.4. The highest BCUT2D eigenvalue weighted by atomic mass is 14.9. The van der Waals surface area contributed by atoms with Crippen LogP contribution in [0.1, 0.15) is 12.0 Å². The van der Waals surface area contributed by atoms with Gasteiger partial charge in [-0.25, -0.2) is 9.97 Å². The van der Waals surface area contributed by atoms with Crippen LogP contribution in [0.3, 0.4) is 0 Å². The van der Waals surface area contributed by atoms with Crippen molar-refractivity contribution >= 4 is 16.5 Å². The average Bonchev–Trinajstić information content (AvgIpc) is 3.68. The molecule has 0 atom stereocenters. The highest BCUT2D eigenvalue weighted by molar-refractivity contribution is 5.96. The number of pyridine rings is 1. The van der Waals surface area contributed by atoms with Crippen molar-refractivity contribution in [3.05, 3.63) is 170 Å². The number of rotatable bonds is 6. The molecule has 3 nitrogen and oxygen atoms in total. The first-order valence-corrected chi connectivity index (χ1v) is 15.2. The molecule has 5 aromatic carbocycles. The van der Waals surface area contributed by atoms with Crippen LogP contribution < -0.4 is 0 Å². The largest absolute Gasteiger partial charge is 0.264 e. The van der Waals surface area contributed by atoms with E-state index in [0.717, 1.165) is 62.0 Å². The maximum Gasteiger partial charge on any atom is 0.160 e. The van der Waals surface area contributed by atoms with Gasteiger partial charge in [-0.05, 0) is 87.3 Å². The fourth-order valence-electron chi connectivity index (χ4n) is 6.04. The summed E-state index contributed by atoms with van der Waals surface area (Å²) in [7, 11) is 0. The number of nitrogens with zero attached hydrogens (tertiary/aromatic N) is 3. The molecule has 0 unspecified atom stereocenters. The maximum atomic E-state index is 5.25. The van der Waals surface area contributed by atoms with Crippen molar-refractivity contribution in [3.8, 4) is 56.0 Å². The van der Waals surface area contributed by atoms with Gasteiger partial charge in [-0.15, -0.1) is 0 Å². The monoisotopic (exact) mass is 575 g/mol. The Kier molecular flexibility index (Phi) is 6.89. The first-order chi connectivity index (χ1) is 22.3. The van der Waals surface area contributed by atoms with Gasteiger partial charge in [0.2, 0.25) is 0 Å². The maximum absolute atomic E-state index is 5.25. The topological polar surface area (TPSA) is 38.7 Å². The zero-order valence-electron chi connectivity index (χ0n) is 24.6. The van der Waals surface area contributed by atoms with E-state index < -0.39 is 0 Å². The summed E-state index contributed by atoms with van der Waals surface area (Å²) < 4.78 is 0. The first kappa shape index (κ1) is 26.7. The molecule has 0 spiro atoms. The Morgan fingerprint density at radius 1 is 0.467 bits per heavy atom. The second-order valence-electron chi connectivity index (χ2n) is 11.3. The molecule has 45 heavy (non-hydrogen) atoms. The van der Waals surface area contributed by atoms with E-state index in [0.29, 0.717) is 5.82 Å². The van der Waals surface area contributed by atoms with E-state index >= 15 is 0 Å². The molecule has 2 heterocycles. The van der Waals surface area contributed by atoms with E-state index in [9.17, 15) is 0 Å². The van der Waals surface area contributed by atoms with E-state index in [1.165, 1.54) is 16.7 Å². The quantitative estimate of drug-likeness (QED) is 0.198. The SMILES string of the molecule is C1=CCC(c2cc(-c3ccc(-c4cccnc4)cc3)cc(-c3nc(-c4ccccc4)c4ccc(-c5ccccc5)cc4n3)c2)=C1. The van der Waals surface area contributed by atoms with Crippen molar-refractivity contribution in [2.24, 2.45) is 0 Å². The molecule has 0 saturated heterocycles. The molecule has 1 aliphatic rings. The number of allylic oxidation sites excluding steroid dienone is 4. The number of fused-ring (bicyclic) bond motifs is 1. The summed E-state index contributed by atoms with van der Waals surface area (Å²) in [6.07, 6.45) is 11.2. The van der Waals surface area contributed by atoms with Crippen molar-refractivity contribution in [1.82, 2.24) is 15.0 Å². The summed E-state index contributed by atoms with van der Waals surface area (Å²) in [6.45, 7) is 0. The third-order valence-corrected chi connectivity index (χ3v) is 8.40. The van der Waals surface area contributed by atoms with Crippen molar-refractivity contribution in [2.75, 3.05) is 0 Å². The molecule has 0 radical (unpaired) electrons. The fraction of sp³-hybridized carbons (Fsp3) is 0.0238. The lowest BCUT2D eigenvalue weighted by atomic mass is 9.94. The number of hydrogen-bond acceptors (Lipinski definition) is 3. The van der Waals surface area contributed by atoms with Crippen LogP contribution in [-0.4, -0.2) is 15.0 Å². The molecule has 7 aromatic rings. The average molecular weight is 576 g/mol. The molecule has 2 aromatic heterocycles. The Hall–Kier alpha value is -5.93. The predicted octanol–water partition coefficient (Wildman–Crippen LogP) is 10.7. The Bertz CT molecular complexity index is 2200. The molecule has 3 heteroatoms. The van der Waals surface area contributed by atoms with Crippen LogP contribution in [0.5, 0.6) is 0 Å². The van der Waals surface area contributed by atoms with Crippen LogP contribution >= 0.6 is 0 Å². The van der Waals surface area contributed by atoms with Crippen molar-refractivity contribution in [2.45, 2.75) is 6.42 Å². The van der Waals surface area contributed by atoms with Gasteiger partial charge in [-0.3, -0.25) is 4.98 Å². The van der Waals surface area contributed by atoms with Crippen molar-refractivity contribution in [3.63, 3.8) is 0 Å². The van der Waals surface area contributed by atoms with E-state index in [2.05, 4.69) is 138 Å². The lowest BCUT2D eigenvalue weighted by Gasteiger charge is -2.14. The predicted molar refractivity (Wildman–Crippen MR) is 186 cm³/mol. The summed E-state index contributed by atoms with van der Waals surface area (Å²) in [4.78, 5) is 14.8. The van der Waals surface area contributed by atoms with Crippen LogP contribution in [0.4, 0.5) is 0 Å². The zero-order chi connectivity index (χ0) is 30.0. The minimum absolute atomic E-state index is 0.716. The van der Waals surface area contributed by atoms with Crippen molar-refractivity contribution < 1.29 is 0 Å². The van der Waals surface area contributed by atoms with Gasteiger partial charge in [0.1, 0.15) is 0 Å². The molecule has 0 bridgehead atoms. The summed E-state index contributed by atoms with van der Waals surface area (Å²) in [5.41, 5.74) is 13.2. The number of hydrogen-bond donors (Lipinski definition) is 0. The minimum Gasteiger partial charge on any atom is -0.264 e. The van der Waals surface area contributed by atoms with E-state index in [1.807, 2.05) is 24.4 Å². The van der Waals surface area contributed by atoms with Crippen molar-refractivity contribution in [1.29, 1.82) is 0 Å². The standard InChI is InChI=1S/C42H29N3/c1-3-10-29(11-4-1)34-21-22-39-40(27-34)44-42(45-41(39)33-14-5-2-6-15-33)38-25-36(30-12-7-8-13-30)24-37(26-38)32-19-17-31(18-20-32)35-16-9-23-43-28-35/h1-12,14-28H,13H2. The molecule has 0 N–H and O–H groups in total. The highest BCUT2D eigenvalue weighted by Gasteiger charge is 2.16. The minimum atomic E-state index is 0.716. The molecule has 0 amide bonds. The lowest BCUT2D eigenvalue weighted by molar-refractivity contribution is 1.23. The third-order valence-electron chi connectivity index (χ3n) is 8.40. The summed E-state index contributed by atoms with van der Waals surface area (Å²) >= 11 is 0. The van der Waals surface area contributed by atoms with Crippen LogP contribution in [0.15, 0.2) is 164 Å². The van der Waals surface area contributed by atoms with Gasteiger partial charge in [-0.2, -0.15) is 0 Å². The summed E-state index contributed by atoms with van der Waals surface area (Å²) in [5.74, 6) is 0.716. The molecule has 212 valence electrons. The molecule has 0 aliphatic heterocycles. The van der Waals surface area contributed by atoms with Gasteiger partial charge < -0.3 is 0 Å². The van der Waals surface area contributed by atoms with Crippen LogP contribution in [0.2, 0.25) is 0 Å². The summed E-state index contributed by atoms with van der Waals surface area (Å²) in [5, 5.41) is 1.04. The van der Waals surface area contributed by atoms with Gasteiger partial charge in [0.15, 0.2) is 5.82 Å². The second kappa shape index (κ2) is 11.6. The zero-order valence-corrected chi connectivity index (χ0v) is 24.6. The molecule has 1 aliphatic carbocycles. The molecule has 0 fully saturated rings. The summed E-state index contributed by atoms with van der Waals surface area (Å²) in [6, 6.07) is 46.9. The Balaban J connectivity index is 1.30. The smallest absolute Gasteiger partial charge is 0.160 e. The van der Waals surface area contributed by atoms with Gasteiger partial charge in [-0.1, -0.05) is 115 Å². The fourth-order valence-corrected chi connectivity index (χ4v) is 6.04. The van der Waals surface area contributed by atoms with E-state index in [-0.39, 0.29) is 0 Å².